The van der Waals surface area contributed by atoms with Gasteiger partial charge in [-0.05, 0) is 23.3 Å². The molecule has 1 aromatic heterocycles. The van der Waals surface area contributed by atoms with Gasteiger partial charge in [0.2, 0.25) is 0 Å². The minimum atomic E-state index is -3.25. The van der Waals surface area contributed by atoms with Crippen LogP contribution in [-0.2, 0) is 21.3 Å². The normalized spacial score (nSPS) is 10.9. The van der Waals surface area contributed by atoms with E-state index in [4.69, 9.17) is 5.26 Å². The number of nitriles is 1. The first-order chi connectivity index (χ1) is 9.09. The Labute approximate surface area is 112 Å². The Hall–Kier alpha value is -2.19. The first-order valence-corrected chi connectivity index (χ1v) is 7.50. The molecule has 0 aliphatic rings. The molecular formula is C14H12N2O2S. The van der Waals surface area contributed by atoms with Crippen LogP contribution in [0.2, 0.25) is 0 Å². The van der Waals surface area contributed by atoms with Gasteiger partial charge in [-0.2, -0.15) is 5.26 Å². The number of benzene rings is 1. The maximum atomic E-state index is 12.1. The molecule has 4 nitrogen and oxygen atoms in total. The van der Waals surface area contributed by atoms with E-state index in [2.05, 4.69) is 4.98 Å². The summed E-state index contributed by atoms with van der Waals surface area (Å²) in [7, 11) is -3.25. The molecule has 0 saturated carbocycles. The molecule has 2 aromatic rings. The summed E-state index contributed by atoms with van der Waals surface area (Å²) in [4.78, 5) is 3.82. The summed E-state index contributed by atoms with van der Waals surface area (Å²) in [6.45, 7) is 0. The van der Waals surface area contributed by atoms with Gasteiger partial charge in [-0.3, -0.25) is 0 Å². The number of sulfone groups is 1. The number of hydrogen-bond donors (Lipinski definition) is 0. The monoisotopic (exact) mass is 272 g/mol. The Morgan fingerprint density at radius 1 is 1.05 bits per heavy atom. The molecule has 1 aromatic carbocycles. The molecule has 0 unspecified atom stereocenters. The van der Waals surface area contributed by atoms with Gasteiger partial charge in [0.25, 0.3) is 0 Å². The minimum Gasteiger partial charge on any atom is -0.246 e. The zero-order chi connectivity index (χ0) is 13.7. The highest BCUT2D eigenvalue weighted by molar-refractivity contribution is 7.89. The quantitative estimate of drug-likeness (QED) is 0.854. The maximum absolute atomic E-state index is 12.1. The molecule has 19 heavy (non-hydrogen) atoms. The van der Waals surface area contributed by atoms with E-state index in [1.54, 1.807) is 18.2 Å². The van der Waals surface area contributed by atoms with E-state index in [-0.39, 0.29) is 17.2 Å². The molecule has 0 atom stereocenters. The molecule has 0 aliphatic heterocycles. The summed E-state index contributed by atoms with van der Waals surface area (Å²) in [5.41, 5.74) is 1.58. The highest BCUT2D eigenvalue weighted by atomic mass is 32.2. The molecule has 0 saturated heterocycles. The van der Waals surface area contributed by atoms with Gasteiger partial charge < -0.3 is 0 Å². The zero-order valence-corrected chi connectivity index (χ0v) is 11.0. The van der Waals surface area contributed by atoms with Crippen LogP contribution in [0.25, 0.3) is 0 Å². The first kappa shape index (κ1) is 13.2. The lowest BCUT2D eigenvalue weighted by Gasteiger charge is -2.04. The molecule has 0 spiro atoms. The lowest BCUT2D eigenvalue weighted by Crippen LogP contribution is -2.08. The van der Waals surface area contributed by atoms with E-state index in [1.807, 2.05) is 24.3 Å². The summed E-state index contributed by atoms with van der Waals surface area (Å²) in [6, 6.07) is 14.0. The molecular weight excluding hydrogens is 260 g/mol. The highest BCUT2D eigenvalue weighted by Gasteiger charge is 2.13. The van der Waals surface area contributed by atoms with E-state index in [9.17, 15) is 8.42 Å². The molecule has 2 rings (SSSR count). The number of nitrogens with zero attached hydrogens (tertiary/aromatic N) is 2. The second kappa shape index (κ2) is 5.63. The van der Waals surface area contributed by atoms with Crippen LogP contribution in [0.15, 0.2) is 48.7 Å². The molecule has 0 aliphatic carbocycles. The Bertz CT molecular complexity index is 704. The molecule has 96 valence electrons. The van der Waals surface area contributed by atoms with Crippen LogP contribution in [0.3, 0.4) is 0 Å². The fourth-order valence-electron chi connectivity index (χ4n) is 1.76. The summed E-state index contributed by atoms with van der Waals surface area (Å²) in [5, 5.41) is 8.73. The third-order valence-corrected chi connectivity index (χ3v) is 4.10. The van der Waals surface area contributed by atoms with Crippen molar-refractivity contribution < 1.29 is 8.42 Å². The zero-order valence-electron chi connectivity index (χ0n) is 10.2. The third-order valence-electron chi connectivity index (χ3n) is 2.55. The predicted octanol–water partition coefficient (Wildman–Crippen LogP) is 2.07. The van der Waals surface area contributed by atoms with E-state index in [0.29, 0.717) is 5.56 Å². The summed E-state index contributed by atoms with van der Waals surface area (Å²) < 4.78 is 24.1. The van der Waals surface area contributed by atoms with Crippen molar-refractivity contribution in [1.82, 2.24) is 4.98 Å². The summed E-state index contributed by atoms with van der Waals surface area (Å²) >= 11 is 0. The van der Waals surface area contributed by atoms with Gasteiger partial charge in [0, 0.05) is 6.20 Å². The van der Waals surface area contributed by atoms with Crippen LogP contribution in [0.1, 0.15) is 16.8 Å². The van der Waals surface area contributed by atoms with Crippen molar-refractivity contribution in [3.8, 4) is 6.07 Å². The van der Waals surface area contributed by atoms with Gasteiger partial charge in [-0.15, -0.1) is 0 Å². The largest absolute Gasteiger partial charge is 0.246 e. The van der Waals surface area contributed by atoms with Gasteiger partial charge in [-0.25, -0.2) is 13.4 Å². The van der Waals surface area contributed by atoms with Crippen molar-refractivity contribution in [3.05, 3.63) is 65.5 Å². The Morgan fingerprint density at radius 3 is 2.42 bits per heavy atom. The maximum Gasteiger partial charge on any atom is 0.158 e. The third kappa shape index (κ3) is 3.90. The van der Waals surface area contributed by atoms with E-state index in [0.717, 1.165) is 5.56 Å². The van der Waals surface area contributed by atoms with Crippen LogP contribution < -0.4 is 0 Å². The van der Waals surface area contributed by atoms with Crippen molar-refractivity contribution in [2.24, 2.45) is 0 Å². The predicted molar refractivity (Wildman–Crippen MR) is 71.7 cm³/mol. The van der Waals surface area contributed by atoms with Gasteiger partial charge in [0.1, 0.15) is 11.8 Å². The number of aromatic nitrogens is 1. The van der Waals surface area contributed by atoms with Crippen LogP contribution in [0, 0.1) is 11.3 Å². The molecule has 0 amide bonds. The second-order valence-electron chi connectivity index (χ2n) is 4.18. The topological polar surface area (TPSA) is 70.8 Å². The van der Waals surface area contributed by atoms with Gasteiger partial charge in [0.15, 0.2) is 9.84 Å². The molecule has 5 heteroatoms. The Balaban J connectivity index is 2.15. The standard InChI is InChI=1S/C14H12N2O2S/c15-9-14-8-13(6-7-16-14)11-19(17,18)10-12-4-2-1-3-5-12/h1-8H,10-11H2. The molecule has 0 N–H and O–H groups in total. The smallest absolute Gasteiger partial charge is 0.158 e. The lowest BCUT2D eigenvalue weighted by molar-refractivity contribution is 0.594. The number of rotatable bonds is 4. The highest BCUT2D eigenvalue weighted by Crippen LogP contribution is 2.12. The number of pyridine rings is 1. The van der Waals surface area contributed by atoms with Crippen molar-refractivity contribution in [3.63, 3.8) is 0 Å². The second-order valence-corrected chi connectivity index (χ2v) is 6.24. The fourth-order valence-corrected chi connectivity index (χ4v) is 3.25. The van der Waals surface area contributed by atoms with Crippen LogP contribution in [-0.4, -0.2) is 13.4 Å². The van der Waals surface area contributed by atoms with E-state index >= 15 is 0 Å². The SMILES string of the molecule is N#Cc1cc(CS(=O)(=O)Cc2ccccc2)ccn1. The Kier molecular flexibility index (Phi) is 3.93. The fraction of sp³-hybridized carbons (Fsp3) is 0.143. The van der Waals surface area contributed by atoms with Crippen molar-refractivity contribution in [2.75, 3.05) is 0 Å². The number of hydrogen-bond acceptors (Lipinski definition) is 4. The summed E-state index contributed by atoms with van der Waals surface area (Å²) in [6.07, 6.45) is 1.45. The van der Waals surface area contributed by atoms with Gasteiger partial charge in [0.05, 0.1) is 11.5 Å². The average Bonchev–Trinajstić information content (AvgIpc) is 2.39. The molecule has 0 bridgehead atoms. The van der Waals surface area contributed by atoms with Crippen molar-refractivity contribution in [1.29, 1.82) is 5.26 Å². The first-order valence-electron chi connectivity index (χ1n) is 5.68. The average molecular weight is 272 g/mol. The molecule has 0 fully saturated rings. The van der Waals surface area contributed by atoms with E-state index in [1.165, 1.54) is 12.3 Å². The Morgan fingerprint density at radius 2 is 1.74 bits per heavy atom. The molecule has 0 radical (unpaired) electrons. The summed E-state index contributed by atoms with van der Waals surface area (Å²) in [5.74, 6) is -0.0862. The van der Waals surface area contributed by atoms with Crippen LogP contribution >= 0.6 is 0 Å². The van der Waals surface area contributed by atoms with Crippen molar-refractivity contribution >= 4 is 9.84 Å². The van der Waals surface area contributed by atoms with Gasteiger partial charge >= 0.3 is 0 Å². The lowest BCUT2D eigenvalue weighted by atomic mass is 10.2. The minimum absolute atomic E-state index is 0.00193. The van der Waals surface area contributed by atoms with Crippen LogP contribution in [0.4, 0.5) is 0 Å². The van der Waals surface area contributed by atoms with Crippen LogP contribution in [0.5, 0.6) is 0 Å². The molecule has 1 heterocycles. The van der Waals surface area contributed by atoms with Crippen molar-refractivity contribution in [2.45, 2.75) is 11.5 Å². The van der Waals surface area contributed by atoms with Gasteiger partial charge in [-0.1, -0.05) is 30.3 Å². The van der Waals surface area contributed by atoms with E-state index < -0.39 is 9.84 Å².